The summed E-state index contributed by atoms with van der Waals surface area (Å²) in [5.74, 6) is -2.49. The van der Waals surface area contributed by atoms with Gasteiger partial charge in [0, 0.05) is 22.2 Å². The van der Waals surface area contributed by atoms with Gasteiger partial charge in [-0.3, -0.25) is 19.5 Å². The maximum atomic E-state index is 14.6. The zero-order chi connectivity index (χ0) is 26.5. The third kappa shape index (κ3) is 4.50. The summed E-state index contributed by atoms with van der Waals surface area (Å²) in [6, 6.07) is 6.68. The predicted molar refractivity (Wildman–Crippen MR) is 129 cm³/mol. The van der Waals surface area contributed by atoms with Gasteiger partial charge in [0.1, 0.15) is 18.9 Å². The van der Waals surface area contributed by atoms with Gasteiger partial charge >= 0.3 is 6.18 Å². The highest BCUT2D eigenvalue weighted by molar-refractivity contribution is 9.10. The molecule has 3 aromatic rings. The van der Waals surface area contributed by atoms with Crippen LogP contribution in [0.15, 0.2) is 41.0 Å². The number of nitrogens with one attached hydrogen (secondary N) is 3. The van der Waals surface area contributed by atoms with Crippen LogP contribution in [-0.4, -0.2) is 59.6 Å². The van der Waals surface area contributed by atoms with E-state index in [0.717, 1.165) is 21.9 Å². The van der Waals surface area contributed by atoms with Crippen molar-refractivity contribution >= 4 is 50.1 Å². The van der Waals surface area contributed by atoms with E-state index < -0.39 is 48.4 Å². The van der Waals surface area contributed by atoms with Gasteiger partial charge < -0.3 is 15.5 Å². The Morgan fingerprint density at radius 2 is 2.03 bits per heavy atom. The van der Waals surface area contributed by atoms with E-state index in [9.17, 15) is 31.9 Å². The third-order valence-electron chi connectivity index (χ3n) is 6.82. The molecule has 3 N–H and O–H groups in total. The number of amides is 2. The SMILES string of the molecule is O=C(CN1C(=O)C2(CCNC(C(=O)c3ccc4[nH]ncc4c3)C2)c2c1ccc(F)c2Br)NCC(F)(F)F. The molecular formula is C24H20BrF4N5O3. The molecule has 1 fully saturated rings. The number of alkyl halides is 3. The minimum absolute atomic E-state index is 0.0180. The summed E-state index contributed by atoms with van der Waals surface area (Å²) in [7, 11) is 0. The number of ketones is 1. The Morgan fingerprint density at radius 1 is 1.24 bits per heavy atom. The van der Waals surface area contributed by atoms with Crippen LogP contribution in [0.25, 0.3) is 10.9 Å². The summed E-state index contributed by atoms with van der Waals surface area (Å²) in [4.78, 5) is 40.6. The van der Waals surface area contributed by atoms with Crippen LogP contribution >= 0.6 is 15.9 Å². The van der Waals surface area contributed by atoms with Gasteiger partial charge in [-0.25, -0.2) is 4.39 Å². The summed E-state index contributed by atoms with van der Waals surface area (Å²) >= 11 is 3.23. The van der Waals surface area contributed by atoms with Crippen molar-refractivity contribution < 1.29 is 31.9 Å². The summed E-state index contributed by atoms with van der Waals surface area (Å²) in [6.07, 6.45) is -2.85. The van der Waals surface area contributed by atoms with Crippen LogP contribution in [0.4, 0.5) is 23.2 Å². The van der Waals surface area contributed by atoms with Crippen LogP contribution in [0.5, 0.6) is 0 Å². The standard InChI is InChI=1S/C24H20BrF4N5O3/c25-20-14(26)2-4-17-19(20)23(22(37)34(17)10-18(35)31-11-24(27,28)29)5-6-30-16(8-23)21(36)12-1-3-15-13(7-12)9-32-33-15/h1-4,7,9,16,30H,5-6,8,10-11H2,(H,31,35)(H,32,33). The number of Topliss-reactive ketones (excluding diaryl/α,β-unsaturated/α-hetero) is 1. The number of H-pyrrole nitrogens is 1. The molecule has 0 saturated carbocycles. The fraction of sp³-hybridized carbons (Fsp3) is 0.333. The van der Waals surface area contributed by atoms with Gasteiger partial charge in [-0.2, -0.15) is 18.3 Å². The molecule has 3 heterocycles. The molecule has 194 valence electrons. The van der Waals surface area contributed by atoms with E-state index >= 15 is 0 Å². The Kier molecular flexibility index (Phi) is 6.31. The lowest BCUT2D eigenvalue weighted by molar-refractivity contribution is -0.138. The molecule has 2 aromatic carbocycles. The molecular weight excluding hydrogens is 562 g/mol. The molecule has 1 spiro atoms. The third-order valence-corrected chi connectivity index (χ3v) is 7.60. The Hall–Kier alpha value is -3.32. The van der Waals surface area contributed by atoms with Crippen LogP contribution in [-0.2, 0) is 15.0 Å². The van der Waals surface area contributed by atoms with Crippen molar-refractivity contribution in [1.82, 2.24) is 20.8 Å². The van der Waals surface area contributed by atoms with Crippen LogP contribution in [0, 0.1) is 5.82 Å². The average Bonchev–Trinajstić information content (AvgIpc) is 3.41. The predicted octanol–water partition coefficient (Wildman–Crippen LogP) is 3.36. The molecule has 2 amide bonds. The van der Waals surface area contributed by atoms with Crippen molar-refractivity contribution in [1.29, 1.82) is 0 Å². The van der Waals surface area contributed by atoms with Crippen molar-refractivity contribution in [2.24, 2.45) is 0 Å². The van der Waals surface area contributed by atoms with E-state index in [1.807, 2.05) is 0 Å². The smallest absolute Gasteiger partial charge is 0.345 e. The number of hydrogen-bond donors (Lipinski definition) is 3. The molecule has 0 aliphatic carbocycles. The first kappa shape index (κ1) is 25.3. The zero-order valence-electron chi connectivity index (χ0n) is 19.1. The molecule has 13 heteroatoms. The molecule has 2 atom stereocenters. The molecule has 2 unspecified atom stereocenters. The second-order valence-corrected chi connectivity index (χ2v) is 9.91. The fourth-order valence-electron chi connectivity index (χ4n) is 5.14. The fourth-order valence-corrected chi connectivity index (χ4v) is 5.85. The topological polar surface area (TPSA) is 107 Å². The number of hydrogen-bond acceptors (Lipinski definition) is 5. The van der Waals surface area contributed by atoms with Crippen LogP contribution in [0.1, 0.15) is 28.8 Å². The molecule has 37 heavy (non-hydrogen) atoms. The number of piperidine rings is 1. The van der Waals surface area contributed by atoms with Gasteiger partial charge in [-0.1, -0.05) is 0 Å². The lowest BCUT2D eigenvalue weighted by Gasteiger charge is -2.37. The van der Waals surface area contributed by atoms with E-state index in [-0.39, 0.29) is 40.9 Å². The first-order valence-corrected chi connectivity index (χ1v) is 12.1. The summed E-state index contributed by atoms with van der Waals surface area (Å²) in [5, 5.41) is 12.4. The van der Waals surface area contributed by atoms with Gasteiger partial charge in [0.2, 0.25) is 11.8 Å². The van der Waals surface area contributed by atoms with Crippen LogP contribution in [0.2, 0.25) is 0 Å². The molecule has 1 saturated heterocycles. The lowest BCUT2D eigenvalue weighted by Crippen LogP contribution is -2.55. The van der Waals surface area contributed by atoms with E-state index in [4.69, 9.17) is 0 Å². The van der Waals surface area contributed by atoms with Gasteiger partial charge in [-0.05, 0) is 65.6 Å². The Labute approximate surface area is 215 Å². The van der Waals surface area contributed by atoms with Crippen molar-refractivity contribution in [2.75, 3.05) is 24.5 Å². The van der Waals surface area contributed by atoms with Gasteiger partial charge in [0.05, 0.1) is 27.6 Å². The quantitative estimate of drug-likeness (QED) is 0.316. The van der Waals surface area contributed by atoms with Gasteiger partial charge in [0.25, 0.3) is 0 Å². The molecule has 2 aliphatic heterocycles. The molecule has 5 rings (SSSR count). The first-order chi connectivity index (χ1) is 17.5. The molecule has 1 aromatic heterocycles. The highest BCUT2D eigenvalue weighted by Gasteiger charge is 2.55. The van der Waals surface area contributed by atoms with Crippen LogP contribution in [0.3, 0.4) is 0 Å². The number of anilines is 1. The lowest BCUT2D eigenvalue weighted by atomic mass is 9.70. The first-order valence-electron chi connectivity index (χ1n) is 11.3. The highest BCUT2D eigenvalue weighted by atomic mass is 79.9. The number of nitrogens with zero attached hydrogens (tertiary/aromatic N) is 2. The number of carbonyl (C=O) groups is 3. The highest BCUT2D eigenvalue weighted by Crippen LogP contribution is 2.51. The molecule has 0 radical (unpaired) electrons. The Balaban J connectivity index is 1.47. The summed E-state index contributed by atoms with van der Waals surface area (Å²) in [5.41, 5.74) is 0.296. The number of carbonyl (C=O) groups excluding carboxylic acids is 3. The van der Waals surface area contributed by atoms with E-state index in [1.165, 1.54) is 6.07 Å². The van der Waals surface area contributed by atoms with Crippen molar-refractivity contribution in [3.05, 3.63) is 57.9 Å². The van der Waals surface area contributed by atoms with E-state index in [1.54, 1.807) is 29.7 Å². The number of rotatable bonds is 5. The van der Waals surface area contributed by atoms with Gasteiger partial charge in [0.15, 0.2) is 5.78 Å². The summed E-state index contributed by atoms with van der Waals surface area (Å²) in [6.45, 7) is -1.97. The average molecular weight is 582 g/mol. The number of fused-ring (bicyclic) bond motifs is 3. The maximum Gasteiger partial charge on any atom is 0.405 e. The zero-order valence-corrected chi connectivity index (χ0v) is 20.7. The Bertz CT molecular complexity index is 1430. The number of benzene rings is 2. The van der Waals surface area contributed by atoms with Crippen molar-refractivity contribution in [3.8, 4) is 0 Å². The van der Waals surface area contributed by atoms with Gasteiger partial charge in [-0.15, -0.1) is 0 Å². The summed E-state index contributed by atoms with van der Waals surface area (Å²) < 4.78 is 52.4. The van der Waals surface area contributed by atoms with Crippen molar-refractivity contribution in [3.63, 3.8) is 0 Å². The number of aromatic nitrogens is 2. The molecule has 8 nitrogen and oxygen atoms in total. The number of halogens is 5. The second-order valence-electron chi connectivity index (χ2n) is 9.12. The molecule has 0 bridgehead atoms. The number of aromatic amines is 1. The monoisotopic (exact) mass is 581 g/mol. The van der Waals surface area contributed by atoms with Crippen molar-refractivity contribution in [2.45, 2.75) is 30.5 Å². The van der Waals surface area contributed by atoms with E-state index in [2.05, 4.69) is 31.4 Å². The minimum atomic E-state index is -4.61. The molecule has 2 aliphatic rings. The van der Waals surface area contributed by atoms with E-state index in [0.29, 0.717) is 5.56 Å². The largest absolute Gasteiger partial charge is 0.405 e. The second kappa shape index (κ2) is 9.21. The minimum Gasteiger partial charge on any atom is -0.345 e. The maximum absolute atomic E-state index is 14.6. The van der Waals surface area contributed by atoms with Crippen LogP contribution < -0.4 is 15.5 Å². The normalized spacial score (nSPS) is 21.5. The Morgan fingerprint density at radius 3 is 2.78 bits per heavy atom.